The van der Waals surface area contributed by atoms with Crippen LogP contribution in [-0.4, -0.2) is 22.3 Å². The van der Waals surface area contributed by atoms with E-state index >= 15 is 0 Å². The number of anilines is 1. The Balaban J connectivity index is 1.82. The number of nitrogens with one attached hydrogen (secondary N) is 1. The van der Waals surface area contributed by atoms with Gasteiger partial charge in [0.05, 0.1) is 9.51 Å². The van der Waals surface area contributed by atoms with Crippen molar-refractivity contribution in [3.63, 3.8) is 0 Å². The van der Waals surface area contributed by atoms with Gasteiger partial charge in [-0.05, 0) is 47.8 Å². The van der Waals surface area contributed by atoms with Crippen LogP contribution in [-0.2, 0) is 0 Å². The maximum absolute atomic E-state index is 12.5. The average molecular weight is 395 g/mol. The molecule has 130 valence electrons. The van der Waals surface area contributed by atoms with Crippen LogP contribution in [0.3, 0.4) is 0 Å². The topological polar surface area (TPSA) is 72.2 Å². The third kappa shape index (κ3) is 4.48. The van der Waals surface area contributed by atoms with Crippen molar-refractivity contribution >= 4 is 52.4 Å². The minimum Gasteiger partial charge on any atom is -0.322 e. The quantitative estimate of drug-likeness (QED) is 0.557. The highest BCUT2D eigenvalue weighted by Gasteiger charge is 2.21. The molecule has 1 N–H and O–H groups in total. The first kappa shape index (κ1) is 18.1. The molecule has 5 nitrogen and oxygen atoms in total. The molecular weight excluding hydrogens is 380 g/mol. The van der Waals surface area contributed by atoms with Crippen molar-refractivity contribution in [3.05, 3.63) is 68.7 Å². The molecule has 0 unspecified atom stereocenters. The van der Waals surface area contributed by atoms with Gasteiger partial charge in [0.2, 0.25) is 0 Å². The number of halogens is 1. The number of nitro benzene ring substituents is 1. The predicted octanol–water partition coefficient (Wildman–Crippen LogP) is 5.37. The standard InChI is InChI=1S/C17H15ClN2O3S2/c18-12-5-6-15(20(22)23)14(10-12)16(21)19-13-4-1-3-11(9-13)17-24-7-2-8-25-17/h1,3-6,9-10,17H,2,7-8H2,(H,19,21). The number of nitro groups is 1. The van der Waals surface area contributed by atoms with E-state index in [9.17, 15) is 14.9 Å². The highest BCUT2D eigenvalue weighted by atomic mass is 35.5. The average Bonchev–Trinajstić information content (AvgIpc) is 2.62. The van der Waals surface area contributed by atoms with Crippen LogP contribution in [0.25, 0.3) is 0 Å². The predicted molar refractivity (Wildman–Crippen MR) is 105 cm³/mol. The molecule has 1 fully saturated rings. The molecular formula is C17H15ClN2O3S2. The number of thioether (sulfide) groups is 2. The van der Waals surface area contributed by atoms with Crippen molar-refractivity contribution < 1.29 is 9.72 Å². The van der Waals surface area contributed by atoms with Crippen LogP contribution in [0.4, 0.5) is 11.4 Å². The second-order valence-corrected chi connectivity index (χ2v) is 8.59. The number of carbonyl (C=O) groups excluding carboxylic acids is 1. The van der Waals surface area contributed by atoms with Gasteiger partial charge in [-0.25, -0.2) is 0 Å². The number of nitrogens with zero attached hydrogens (tertiary/aromatic N) is 1. The zero-order valence-corrected chi connectivity index (χ0v) is 15.5. The van der Waals surface area contributed by atoms with Crippen LogP contribution < -0.4 is 5.32 Å². The van der Waals surface area contributed by atoms with Crippen LogP contribution >= 0.6 is 35.1 Å². The smallest absolute Gasteiger partial charge is 0.282 e. The van der Waals surface area contributed by atoms with Crippen LogP contribution in [0.2, 0.25) is 5.02 Å². The molecule has 1 aliphatic heterocycles. The van der Waals surface area contributed by atoms with E-state index in [1.807, 2.05) is 41.7 Å². The van der Waals surface area contributed by atoms with Crippen molar-refractivity contribution in [2.45, 2.75) is 11.0 Å². The van der Waals surface area contributed by atoms with Crippen molar-refractivity contribution in [2.75, 3.05) is 16.8 Å². The fraction of sp³-hybridized carbons (Fsp3) is 0.235. The summed E-state index contributed by atoms with van der Waals surface area (Å²) in [5.41, 5.74) is 1.43. The van der Waals surface area contributed by atoms with Crippen molar-refractivity contribution in [2.24, 2.45) is 0 Å². The van der Waals surface area contributed by atoms with Gasteiger partial charge in [-0.2, -0.15) is 0 Å². The summed E-state index contributed by atoms with van der Waals surface area (Å²) in [5, 5.41) is 14.1. The molecule has 8 heteroatoms. The summed E-state index contributed by atoms with van der Waals surface area (Å²) < 4.78 is 0.353. The van der Waals surface area contributed by atoms with Crippen LogP contribution in [0.1, 0.15) is 26.9 Å². The Bertz CT molecular complexity index is 810. The van der Waals surface area contributed by atoms with Gasteiger partial charge in [0, 0.05) is 16.8 Å². The molecule has 0 bridgehead atoms. The fourth-order valence-corrected chi connectivity index (χ4v) is 5.54. The minimum absolute atomic E-state index is 0.0516. The van der Waals surface area contributed by atoms with Gasteiger partial charge in [-0.3, -0.25) is 14.9 Å². The lowest BCUT2D eigenvalue weighted by atomic mass is 10.1. The van der Waals surface area contributed by atoms with E-state index in [2.05, 4.69) is 5.32 Å². The van der Waals surface area contributed by atoms with E-state index < -0.39 is 10.8 Å². The molecule has 1 amide bonds. The summed E-state index contributed by atoms with van der Waals surface area (Å²) >= 11 is 9.67. The van der Waals surface area contributed by atoms with E-state index in [4.69, 9.17) is 11.6 Å². The maximum Gasteiger partial charge on any atom is 0.282 e. The van der Waals surface area contributed by atoms with Gasteiger partial charge in [0.1, 0.15) is 5.56 Å². The van der Waals surface area contributed by atoms with Crippen LogP contribution in [0, 0.1) is 10.1 Å². The van der Waals surface area contributed by atoms with E-state index in [-0.39, 0.29) is 16.3 Å². The molecule has 25 heavy (non-hydrogen) atoms. The Hall–Kier alpha value is -1.70. The van der Waals surface area contributed by atoms with Gasteiger partial charge in [0.15, 0.2) is 0 Å². The SMILES string of the molecule is O=C(Nc1cccc(C2SCCCS2)c1)c1cc(Cl)ccc1[N+](=O)[O-]. The second-order valence-electron chi connectivity index (χ2n) is 5.43. The Morgan fingerprint density at radius 2 is 1.96 bits per heavy atom. The Labute approximate surface area is 158 Å². The summed E-state index contributed by atoms with van der Waals surface area (Å²) in [6.45, 7) is 0. The van der Waals surface area contributed by atoms with Crippen molar-refractivity contribution in [3.8, 4) is 0 Å². The maximum atomic E-state index is 12.5. The molecule has 1 heterocycles. The summed E-state index contributed by atoms with van der Waals surface area (Å²) in [6, 6.07) is 11.6. The zero-order valence-electron chi connectivity index (χ0n) is 13.1. The largest absolute Gasteiger partial charge is 0.322 e. The van der Waals surface area contributed by atoms with E-state index in [1.54, 1.807) is 6.07 Å². The third-order valence-corrected chi connectivity index (χ3v) is 6.89. The Morgan fingerprint density at radius 1 is 1.20 bits per heavy atom. The number of hydrogen-bond acceptors (Lipinski definition) is 5. The number of amides is 1. The summed E-state index contributed by atoms with van der Waals surface area (Å²) in [5.74, 6) is 1.71. The molecule has 2 aromatic carbocycles. The Morgan fingerprint density at radius 3 is 2.68 bits per heavy atom. The second kappa shape index (κ2) is 8.12. The minimum atomic E-state index is -0.586. The molecule has 0 spiro atoms. The number of benzene rings is 2. The van der Waals surface area contributed by atoms with E-state index in [0.29, 0.717) is 10.3 Å². The molecule has 0 aromatic heterocycles. The molecule has 1 saturated heterocycles. The highest BCUT2D eigenvalue weighted by Crippen LogP contribution is 2.44. The first-order valence-electron chi connectivity index (χ1n) is 7.63. The van der Waals surface area contributed by atoms with Gasteiger partial charge < -0.3 is 5.32 Å². The molecule has 0 atom stereocenters. The lowest BCUT2D eigenvalue weighted by molar-refractivity contribution is -0.385. The molecule has 0 saturated carbocycles. The van der Waals surface area contributed by atoms with Crippen molar-refractivity contribution in [1.82, 2.24) is 0 Å². The molecule has 1 aliphatic rings. The van der Waals surface area contributed by atoms with E-state index in [0.717, 1.165) is 17.1 Å². The van der Waals surface area contributed by atoms with Gasteiger partial charge in [-0.15, -0.1) is 23.5 Å². The van der Waals surface area contributed by atoms with Crippen LogP contribution in [0.15, 0.2) is 42.5 Å². The molecule has 0 aliphatic carbocycles. The Kier molecular flexibility index (Phi) is 5.88. The lowest BCUT2D eigenvalue weighted by Crippen LogP contribution is -2.14. The first-order chi connectivity index (χ1) is 12.0. The van der Waals surface area contributed by atoms with Crippen LogP contribution in [0.5, 0.6) is 0 Å². The third-order valence-electron chi connectivity index (χ3n) is 3.64. The molecule has 3 rings (SSSR count). The highest BCUT2D eigenvalue weighted by molar-refractivity contribution is 8.16. The number of carbonyl (C=O) groups is 1. The molecule has 2 aromatic rings. The summed E-state index contributed by atoms with van der Waals surface area (Å²) in [7, 11) is 0. The normalized spacial score (nSPS) is 14.9. The van der Waals surface area contributed by atoms with Gasteiger partial charge >= 0.3 is 0 Å². The fourth-order valence-electron chi connectivity index (χ4n) is 2.49. The first-order valence-corrected chi connectivity index (χ1v) is 10.1. The van der Waals surface area contributed by atoms with Gasteiger partial charge in [0.25, 0.3) is 11.6 Å². The zero-order chi connectivity index (χ0) is 17.8. The van der Waals surface area contributed by atoms with E-state index in [1.165, 1.54) is 24.6 Å². The number of hydrogen-bond donors (Lipinski definition) is 1. The van der Waals surface area contributed by atoms with Crippen molar-refractivity contribution in [1.29, 1.82) is 0 Å². The van der Waals surface area contributed by atoms with Gasteiger partial charge in [-0.1, -0.05) is 23.7 Å². The summed E-state index contributed by atoms with van der Waals surface area (Å²) in [4.78, 5) is 23.0. The monoisotopic (exact) mass is 394 g/mol. The number of rotatable bonds is 4. The lowest BCUT2D eigenvalue weighted by Gasteiger charge is -2.21. The molecule has 0 radical (unpaired) electrons. The summed E-state index contributed by atoms with van der Waals surface area (Å²) in [6.07, 6.45) is 1.21.